The fourth-order valence-corrected chi connectivity index (χ4v) is 3.49. The second kappa shape index (κ2) is 8.34. The summed E-state index contributed by atoms with van der Waals surface area (Å²) in [5, 5.41) is 3.76. The van der Waals surface area contributed by atoms with Crippen LogP contribution in [0.4, 0.5) is 4.79 Å². The Kier molecular flexibility index (Phi) is 6.72. The molecule has 134 valence electrons. The Labute approximate surface area is 141 Å². The molecule has 2 aliphatic heterocycles. The van der Waals surface area contributed by atoms with E-state index in [1.54, 1.807) is 0 Å². The molecule has 2 fully saturated rings. The molecule has 5 nitrogen and oxygen atoms in total. The Morgan fingerprint density at radius 2 is 1.87 bits per heavy atom. The predicted octanol–water partition coefficient (Wildman–Crippen LogP) is 2.71. The van der Waals surface area contributed by atoms with E-state index < -0.39 is 5.60 Å². The van der Waals surface area contributed by atoms with Crippen molar-refractivity contribution in [3.63, 3.8) is 0 Å². The van der Waals surface area contributed by atoms with E-state index in [0.717, 1.165) is 39.0 Å². The third-order valence-corrected chi connectivity index (χ3v) is 4.91. The summed E-state index contributed by atoms with van der Waals surface area (Å²) in [7, 11) is 0. The Hall–Kier alpha value is -0.810. The van der Waals surface area contributed by atoms with Gasteiger partial charge in [-0.3, -0.25) is 0 Å². The number of rotatable bonds is 4. The lowest BCUT2D eigenvalue weighted by Gasteiger charge is -2.36. The third kappa shape index (κ3) is 6.30. The summed E-state index contributed by atoms with van der Waals surface area (Å²) in [6.07, 6.45) is 4.61. The summed E-state index contributed by atoms with van der Waals surface area (Å²) in [5.74, 6) is 0.686. The number of carbonyl (C=O) groups is 1. The average Bonchev–Trinajstić information content (AvgIpc) is 2.52. The molecule has 0 aromatic heterocycles. The van der Waals surface area contributed by atoms with Gasteiger partial charge in [0.2, 0.25) is 0 Å². The van der Waals surface area contributed by atoms with Gasteiger partial charge in [-0.2, -0.15) is 0 Å². The lowest BCUT2D eigenvalue weighted by atomic mass is 9.96. The fourth-order valence-electron chi connectivity index (χ4n) is 3.49. The number of hydrogen-bond donors (Lipinski definition) is 1. The highest BCUT2D eigenvalue weighted by Gasteiger charge is 2.27. The van der Waals surface area contributed by atoms with Crippen LogP contribution in [-0.2, 0) is 4.74 Å². The maximum atomic E-state index is 12.1. The second-order valence-electron chi connectivity index (χ2n) is 8.05. The Morgan fingerprint density at radius 1 is 1.17 bits per heavy atom. The molecule has 5 heteroatoms. The zero-order chi connectivity index (χ0) is 16.9. The van der Waals surface area contributed by atoms with Crippen molar-refractivity contribution in [1.82, 2.24) is 15.1 Å². The summed E-state index contributed by atoms with van der Waals surface area (Å²) in [4.78, 5) is 16.5. The highest BCUT2D eigenvalue weighted by atomic mass is 16.6. The van der Waals surface area contributed by atoms with Gasteiger partial charge in [0, 0.05) is 25.7 Å². The highest BCUT2D eigenvalue weighted by Crippen LogP contribution is 2.20. The molecule has 0 aliphatic carbocycles. The topological polar surface area (TPSA) is 44.8 Å². The van der Waals surface area contributed by atoms with Gasteiger partial charge in [-0.15, -0.1) is 0 Å². The first-order valence-corrected chi connectivity index (χ1v) is 9.31. The van der Waals surface area contributed by atoms with Crippen molar-refractivity contribution in [1.29, 1.82) is 0 Å². The molecule has 2 aliphatic rings. The van der Waals surface area contributed by atoms with Crippen LogP contribution in [0, 0.1) is 5.92 Å². The molecule has 1 N–H and O–H groups in total. The number of amides is 1. The van der Waals surface area contributed by atoms with Crippen molar-refractivity contribution in [2.45, 2.75) is 65.0 Å². The summed E-state index contributed by atoms with van der Waals surface area (Å²) < 4.78 is 5.46. The van der Waals surface area contributed by atoms with E-state index in [9.17, 15) is 4.79 Å². The van der Waals surface area contributed by atoms with Crippen molar-refractivity contribution >= 4 is 6.09 Å². The summed E-state index contributed by atoms with van der Waals surface area (Å²) in [5.41, 5.74) is -0.401. The van der Waals surface area contributed by atoms with Gasteiger partial charge >= 0.3 is 6.09 Å². The van der Waals surface area contributed by atoms with E-state index in [2.05, 4.69) is 17.1 Å². The van der Waals surface area contributed by atoms with Gasteiger partial charge in [0.25, 0.3) is 0 Å². The molecule has 0 saturated carbocycles. The molecule has 23 heavy (non-hydrogen) atoms. The maximum Gasteiger partial charge on any atom is 0.410 e. The van der Waals surface area contributed by atoms with Gasteiger partial charge in [0.1, 0.15) is 5.60 Å². The lowest BCUT2D eigenvalue weighted by Crippen LogP contribution is -2.48. The number of nitrogens with zero attached hydrogens (tertiary/aromatic N) is 2. The molecule has 1 unspecified atom stereocenters. The average molecular weight is 325 g/mol. The molecule has 0 aromatic carbocycles. The van der Waals surface area contributed by atoms with Crippen LogP contribution in [0.2, 0.25) is 0 Å². The van der Waals surface area contributed by atoms with Gasteiger partial charge in [-0.25, -0.2) is 4.79 Å². The van der Waals surface area contributed by atoms with E-state index in [4.69, 9.17) is 4.74 Å². The minimum absolute atomic E-state index is 0.158. The van der Waals surface area contributed by atoms with Crippen molar-refractivity contribution in [2.24, 2.45) is 5.92 Å². The molecule has 0 aromatic rings. The van der Waals surface area contributed by atoms with Crippen LogP contribution < -0.4 is 5.32 Å². The van der Waals surface area contributed by atoms with Crippen LogP contribution in [-0.4, -0.2) is 66.8 Å². The number of nitrogens with one attached hydrogen (secondary N) is 1. The van der Waals surface area contributed by atoms with Crippen LogP contribution in [0.25, 0.3) is 0 Å². The molecule has 0 radical (unpaired) electrons. The minimum atomic E-state index is -0.401. The number of likely N-dealkylation sites (tertiary alicyclic amines) is 2. The number of hydrogen-bond acceptors (Lipinski definition) is 4. The molecule has 0 bridgehead atoms. The lowest BCUT2D eigenvalue weighted by molar-refractivity contribution is 0.0182. The Balaban J connectivity index is 1.66. The van der Waals surface area contributed by atoms with Gasteiger partial charge in [-0.05, 0) is 72.0 Å². The second-order valence-corrected chi connectivity index (χ2v) is 8.05. The van der Waals surface area contributed by atoms with Crippen molar-refractivity contribution < 1.29 is 9.53 Å². The number of likely N-dealkylation sites (N-methyl/N-ethyl adjacent to an activating group) is 1. The first-order chi connectivity index (χ1) is 10.9. The van der Waals surface area contributed by atoms with E-state index in [1.807, 2.05) is 25.7 Å². The number of piperidine rings is 2. The Morgan fingerprint density at radius 3 is 2.48 bits per heavy atom. The van der Waals surface area contributed by atoms with Gasteiger partial charge in [-0.1, -0.05) is 6.92 Å². The van der Waals surface area contributed by atoms with Crippen LogP contribution in [0.5, 0.6) is 0 Å². The molecular formula is C18H35N3O2. The smallest absolute Gasteiger partial charge is 0.410 e. The minimum Gasteiger partial charge on any atom is -0.444 e. The molecular weight excluding hydrogens is 290 g/mol. The van der Waals surface area contributed by atoms with E-state index in [0.29, 0.717) is 12.0 Å². The summed E-state index contributed by atoms with van der Waals surface area (Å²) >= 11 is 0. The van der Waals surface area contributed by atoms with Gasteiger partial charge in [0.15, 0.2) is 0 Å². The van der Waals surface area contributed by atoms with E-state index in [-0.39, 0.29) is 6.09 Å². The molecule has 0 spiro atoms. The summed E-state index contributed by atoms with van der Waals surface area (Å²) in [6.45, 7) is 14.4. The molecule has 2 heterocycles. The number of carbonyl (C=O) groups excluding carboxylic acids is 1. The molecule has 2 rings (SSSR count). The quantitative estimate of drug-likeness (QED) is 0.863. The maximum absolute atomic E-state index is 12.1. The molecule has 1 atom stereocenters. The van der Waals surface area contributed by atoms with Crippen molar-refractivity contribution in [2.75, 3.05) is 39.3 Å². The first kappa shape index (κ1) is 18.5. The normalized spacial score (nSPS) is 24.7. The highest BCUT2D eigenvalue weighted by molar-refractivity contribution is 5.68. The molecule has 1 amide bonds. The standard InChI is InChI=1S/C18H35N3O2/c1-5-20-10-6-7-16(14-20)19-13-15-8-11-21(12-9-15)17(22)23-18(2,3)4/h15-16,19H,5-14H2,1-4H3. The number of ether oxygens (including phenoxy) is 1. The largest absolute Gasteiger partial charge is 0.444 e. The van der Waals surface area contributed by atoms with Crippen LogP contribution in [0.1, 0.15) is 53.4 Å². The van der Waals surface area contributed by atoms with Gasteiger partial charge in [0.05, 0.1) is 0 Å². The fraction of sp³-hybridized carbons (Fsp3) is 0.944. The zero-order valence-electron chi connectivity index (χ0n) is 15.4. The monoisotopic (exact) mass is 325 g/mol. The predicted molar refractivity (Wildman–Crippen MR) is 93.7 cm³/mol. The van der Waals surface area contributed by atoms with E-state index in [1.165, 1.54) is 25.9 Å². The van der Waals surface area contributed by atoms with E-state index >= 15 is 0 Å². The summed E-state index contributed by atoms with van der Waals surface area (Å²) in [6, 6.07) is 0.646. The van der Waals surface area contributed by atoms with Crippen molar-refractivity contribution in [3.8, 4) is 0 Å². The zero-order valence-corrected chi connectivity index (χ0v) is 15.4. The van der Waals surface area contributed by atoms with Crippen molar-refractivity contribution in [3.05, 3.63) is 0 Å². The third-order valence-electron chi connectivity index (χ3n) is 4.91. The van der Waals surface area contributed by atoms with Crippen LogP contribution >= 0.6 is 0 Å². The van der Waals surface area contributed by atoms with Gasteiger partial charge < -0.3 is 19.9 Å². The Bertz CT molecular complexity index is 373. The van der Waals surface area contributed by atoms with Crippen LogP contribution in [0.15, 0.2) is 0 Å². The SMILES string of the molecule is CCN1CCCC(NCC2CCN(C(=O)OC(C)(C)C)CC2)C1. The molecule has 2 saturated heterocycles. The first-order valence-electron chi connectivity index (χ1n) is 9.31. The van der Waals surface area contributed by atoms with Crippen LogP contribution in [0.3, 0.4) is 0 Å².